The maximum atomic E-state index is 12.3. The fourth-order valence-electron chi connectivity index (χ4n) is 4.11. The first kappa shape index (κ1) is 14.9. The molecule has 1 saturated heterocycles. The molecule has 1 unspecified atom stereocenters. The first-order valence-electron chi connectivity index (χ1n) is 8.89. The summed E-state index contributed by atoms with van der Waals surface area (Å²) in [5.74, 6) is 0.0533. The van der Waals surface area contributed by atoms with Gasteiger partial charge in [0.25, 0.3) is 0 Å². The van der Waals surface area contributed by atoms with Gasteiger partial charge in [0.05, 0.1) is 12.3 Å². The van der Waals surface area contributed by atoms with E-state index in [1.165, 1.54) is 18.4 Å². The molecule has 2 aliphatic rings. The number of rotatable bonds is 2. The van der Waals surface area contributed by atoms with E-state index in [9.17, 15) is 4.79 Å². The number of hydrogen-bond donors (Lipinski definition) is 2. The van der Waals surface area contributed by atoms with Crippen molar-refractivity contribution in [2.45, 2.75) is 25.5 Å². The van der Waals surface area contributed by atoms with E-state index < -0.39 is 0 Å². The Kier molecular flexibility index (Phi) is 3.47. The molecule has 2 N–H and O–H groups in total. The SMILES string of the molecule is O=C1COCc2c(-c3ccc(C4CCCN4)cc3)[nH]c3cccc1c23. The number of ether oxygens (including phenoxy) is 1. The van der Waals surface area contributed by atoms with Gasteiger partial charge in [-0.15, -0.1) is 0 Å². The van der Waals surface area contributed by atoms with Crippen LogP contribution in [0.25, 0.3) is 22.2 Å². The highest BCUT2D eigenvalue weighted by molar-refractivity contribution is 6.11. The molecule has 25 heavy (non-hydrogen) atoms. The molecule has 1 atom stereocenters. The number of aromatic amines is 1. The van der Waals surface area contributed by atoms with Crippen LogP contribution < -0.4 is 5.32 Å². The molecule has 0 saturated carbocycles. The topological polar surface area (TPSA) is 54.1 Å². The van der Waals surface area contributed by atoms with Crippen molar-refractivity contribution < 1.29 is 9.53 Å². The summed E-state index contributed by atoms with van der Waals surface area (Å²) < 4.78 is 5.63. The van der Waals surface area contributed by atoms with Crippen LogP contribution in [0.5, 0.6) is 0 Å². The Labute approximate surface area is 146 Å². The van der Waals surface area contributed by atoms with Crippen molar-refractivity contribution in [3.05, 3.63) is 59.2 Å². The molecular formula is C21H20N2O2. The standard InChI is InChI=1S/C21H20N2O2/c24-19-12-25-11-16-20-15(19)3-1-4-18(20)23-21(16)14-8-6-13(7-9-14)17-5-2-10-22-17/h1,3-4,6-9,17,22-23H,2,5,10-12H2. The third kappa shape index (κ3) is 2.41. The predicted molar refractivity (Wildman–Crippen MR) is 97.7 cm³/mol. The second-order valence-electron chi connectivity index (χ2n) is 6.89. The molecule has 1 fully saturated rings. The molecule has 4 heteroatoms. The van der Waals surface area contributed by atoms with Crippen molar-refractivity contribution in [2.75, 3.05) is 13.2 Å². The van der Waals surface area contributed by atoms with Crippen LogP contribution in [0.4, 0.5) is 0 Å². The van der Waals surface area contributed by atoms with E-state index in [2.05, 4.69) is 34.6 Å². The third-order valence-corrected chi connectivity index (χ3v) is 5.37. The van der Waals surface area contributed by atoms with E-state index in [1.807, 2.05) is 18.2 Å². The Hall–Kier alpha value is -2.43. The highest BCUT2D eigenvalue weighted by Gasteiger charge is 2.23. The Bertz CT molecular complexity index is 950. The minimum atomic E-state index is 0.0533. The van der Waals surface area contributed by atoms with Gasteiger partial charge < -0.3 is 15.0 Å². The lowest BCUT2D eigenvalue weighted by Gasteiger charge is -2.11. The van der Waals surface area contributed by atoms with Crippen molar-refractivity contribution in [3.63, 3.8) is 0 Å². The quantitative estimate of drug-likeness (QED) is 0.746. The van der Waals surface area contributed by atoms with E-state index in [-0.39, 0.29) is 12.4 Å². The lowest BCUT2D eigenvalue weighted by Crippen LogP contribution is -2.12. The third-order valence-electron chi connectivity index (χ3n) is 5.37. The maximum Gasteiger partial charge on any atom is 0.189 e. The second-order valence-corrected chi connectivity index (χ2v) is 6.89. The van der Waals surface area contributed by atoms with Gasteiger partial charge in [-0.1, -0.05) is 36.4 Å². The fraction of sp³-hybridized carbons (Fsp3) is 0.286. The summed E-state index contributed by atoms with van der Waals surface area (Å²) in [5.41, 5.74) is 6.39. The molecule has 3 aromatic rings. The summed E-state index contributed by atoms with van der Waals surface area (Å²) in [6.07, 6.45) is 2.45. The number of ketones is 1. The Morgan fingerprint density at radius 2 is 1.92 bits per heavy atom. The molecule has 0 radical (unpaired) electrons. The average molecular weight is 332 g/mol. The van der Waals surface area contributed by atoms with Crippen LogP contribution in [0.2, 0.25) is 0 Å². The minimum Gasteiger partial charge on any atom is -0.369 e. The highest BCUT2D eigenvalue weighted by atomic mass is 16.5. The van der Waals surface area contributed by atoms with Crippen LogP contribution in [0.15, 0.2) is 42.5 Å². The van der Waals surface area contributed by atoms with Gasteiger partial charge >= 0.3 is 0 Å². The summed E-state index contributed by atoms with van der Waals surface area (Å²) in [4.78, 5) is 15.8. The van der Waals surface area contributed by atoms with E-state index in [0.717, 1.165) is 39.8 Å². The van der Waals surface area contributed by atoms with Gasteiger partial charge in [-0.3, -0.25) is 4.79 Å². The van der Waals surface area contributed by atoms with Crippen molar-refractivity contribution in [1.29, 1.82) is 0 Å². The number of carbonyl (C=O) groups is 1. The second kappa shape index (κ2) is 5.83. The van der Waals surface area contributed by atoms with Crippen LogP contribution in [-0.4, -0.2) is 23.9 Å². The molecule has 2 aliphatic heterocycles. The van der Waals surface area contributed by atoms with Crippen molar-refractivity contribution in [2.24, 2.45) is 0 Å². The molecule has 1 aromatic heterocycles. The maximum absolute atomic E-state index is 12.3. The number of Topliss-reactive ketones (excluding diaryl/α,β-unsaturated/α-hetero) is 1. The van der Waals surface area contributed by atoms with Gasteiger partial charge in [0.2, 0.25) is 0 Å². The fourth-order valence-corrected chi connectivity index (χ4v) is 4.11. The summed E-state index contributed by atoms with van der Waals surface area (Å²) >= 11 is 0. The normalized spacial score (nSPS) is 20.2. The zero-order valence-electron chi connectivity index (χ0n) is 14.0. The van der Waals surface area contributed by atoms with E-state index in [4.69, 9.17) is 4.74 Å². The van der Waals surface area contributed by atoms with Crippen molar-refractivity contribution >= 4 is 16.7 Å². The van der Waals surface area contributed by atoms with Gasteiger partial charge in [0.15, 0.2) is 5.78 Å². The zero-order chi connectivity index (χ0) is 16.8. The van der Waals surface area contributed by atoms with E-state index >= 15 is 0 Å². The molecule has 5 rings (SSSR count). The summed E-state index contributed by atoms with van der Waals surface area (Å²) in [6, 6.07) is 15.1. The van der Waals surface area contributed by atoms with Gasteiger partial charge in [-0.05, 0) is 36.6 Å². The van der Waals surface area contributed by atoms with Crippen LogP contribution >= 0.6 is 0 Å². The van der Waals surface area contributed by atoms with Gasteiger partial charge in [0.1, 0.15) is 6.61 Å². The van der Waals surface area contributed by atoms with Crippen LogP contribution in [0.3, 0.4) is 0 Å². The number of nitrogens with one attached hydrogen (secondary N) is 2. The van der Waals surface area contributed by atoms with Gasteiger partial charge in [0, 0.05) is 28.1 Å². The number of H-pyrrole nitrogens is 1. The first-order chi connectivity index (χ1) is 12.3. The van der Waals surface area contributed by atoms with Crippen LogP contribution in [0, 0.1) is 0 Å². The molecule has 0 spiro atoms. The number of benzene rings is 2. The van der Waals surface area contributed by atoms with E-state index in [0.29, 0.717) is 12.6 Å². The molecule has 0 bridgehead atoms. The largest absolute Gasteiger partial charge is 0.369 e. The lowest BCUT2D eigenvalue weighted by atomic mass is 9.99. The molecule has 0 aliphatic carbocycles. The van der Waals surface area contributed by atoms with Gasteiger partial charge in [-0.2, -0.15) is 0 Å². The molecule has 2 aromatic carbocycles. The first-order valence-corrected chi connectivity index (χ1v) is 8.89. The zero-order valence-corrected chi connectivity index (χ0v) is 14.0. The number of aromatic nitrogens is 1. The lowest BCUT2D eigenvalue weighted by molar-refractivity contribution is 0.0742. The summed E-state index contributed by atoms with van der Waals surface area (Å²) in [6.45, 7) is 1.72. The average Bonchev–Trinajstić information content (AvgIpc) is 3.26. The Balaban J connectivity index is 1.62. The monoisotopic (exact) mass is 332 g/mol. The summed E-state index contributed by atoms with van der Waals surface area (Å²) in [5, 5.41) is 4.56. The molecule has 126 valence electrons. The number of hydrogen-bond acceptors (Lipinski definition) is 3. The Morgan fingerprint density at radius 1 is 1.04 bits per heavy atom. The molecular weight excluding hydrogens is 312 g/mol. The smallest absolute Gasteiger partial charge is 0.189 e. The van der Waals surface area contributed by atoms with E-state index in [1.54, 1.807) is 0 Å². The van der Waals surface area contributed by atoms with Crippen LogP contribution in [-0.2, 0) is 11.3 Å². The molecule has 0 amide bonds. The van der Waals surface area contributed by atoms with Crippen LogP contribution in [0.1, 0.15) is 40.4 Å². The Morgan fingerprint density at radius 3 is 2.72 bits per heavy atom. The molecule has 3 heterocycles. The predicted octanol–water partition coefficient (Wildman–Crippen LogP) is 3.97. The van der Waals surface area contributed by atoms with Crippen molar-refractivity contribution in [3.8, 4) is 11.3 Å². The van der Waals surface area contributed by atoms with Gasteiger partial charge in [-0.25, -0.2) is 0 Å². The van der Waals surface area contributed by atoms with Crippen molar-refractivity contribution in [1.82, 2.24) is 10.3 Å². The summed E-state index contributed by atoms with van der Waals surface area (Å²) in [7, 11) is 0. The molecule has 4 nitrogen and oxygen atoms in total. The minimum absolute atomic E-state index is 0.0533. The highest BCUT2D eigenvalue weighted by Crippen LogP contribution is 2.35. The number of carbonyl (C=O) groups excluding carboxylic acids is 1.